The number of nitrogen functional groups attached to an aromatic ring is 1. The lowest BCUT2D eigenvalue weighted by atomic mass is 10.0. The molecule has 1 aromatic heterocycles. The zero-order valence-electron chi connectivity index (χ0n) is 9.12. The molecule has 0 aliphatic heterocycles. The van der Waals surface area contributed by atoms with E-state index in [2.05, 4.69) is 31.1 Å². The van der Waals surface area contributed by atoms with Gasteiger partial charge in [-0.3, -0.25) is 4.98 Å². The minimum Gasteiger partial charge on any atom is -0.397 e. The van der Waals surface area contributed by atoms with E-state index in [4.69, 9.17) is 5.73 Å². The number of rotatable bonds is 4. The highest BCUT2D eigenvalue weighted by atomic mass is 14.9. The van der Waals surface area contributed by atoms with E-state index in [0.29, 0.717) is 17.6 Å². The van der Waals surface area contributed by atoms with Crippen molar-refractivity contribution in [2.75, 3.05) is 11.1 Å². The highest BCUT2D eigenvalue weighted by Gasteiger charge is 2.09. The van der Waals surface area contributed by atoms with Gasteiger partial charge in [-0.25, -0.2) is 0 Å². The lowest BCUT2D eigenvalue weighted by Crippen LogP contribution is -2.23. The van der Waals surface area contributed by atoms with Crippen molar-refractivity contribution in [1.82, 2.24) is 4.98 Å². The number of nitrogens with zero attached hydrogens (tertiary/aromatic N) is 1. The summed E-state index contributed by atoms with van der Waals surface area (Å²) in [5.41, 5.74) is 7.34. The first kappa shape index (κ1) is 10.8. The lowest BCUT2D eigenvalue weighted by molar-refractivity contribution is 0.494. The van der Waals surface area contributed by atoms with Gasteiger partial charge in [0.15, 0.2) is 0 Å². The number of pyridine rings is 1. The maximum Gasteiger partial charge on any atom is 0.0549 e. The van der Waals surface area contributed by atoms with E-state index in [-0.39, 0.29) is 0 Å². The Bertz CT molecular complexity index is 286. The molecular weight excluding hydrogens is 174 g/mol. The van der Waals surface area contributed by atoms with E-state index >= 15 is 0 Å². The summed E-state index contributed by atoms with van der Waals surface area (Å²) in [5, 5.41) is 3.39. The summed E-state index contributed by atoms with van der Waals surface area (Å²) in [6, 6.07) is 2.36. The van der Waals surface area contributed by atoms with Crippen molar-refractivity contribution in [2.45, 2.75) is 33.2 Å². The summed E-state index contributed by atoms with van der Waals surface area (Å²) in [6.07, 6.45) is 4.62. The Morgan fingerprint density at radius 3 is 2.71 bits per heavy atom. The molecule has 0 bridgehead atoms. The molecular formula is C11H19N3. The minimum absolute atomic E-state index is 0.448. The molecule has 0 saturated carbocycles. The van der Waals surface area contributed by atoms with Crippen LogP contribution in [0.15, 0.2) is 18.5 Å². The fourth-order valence-electron chi connectivity index (χ4n) is 1.30. The Kier molecular flexibility index (Phi) is 3.74. The van der Waals surface area contributed by atoms with Gasteiger partial charge in [0, 0.05) is 12.2 Å². The average Bonchev–Trinajstić information content (AvgIpc) is 2.16. The standard InChI is InChI=1S/C11H19N3/c1-4-8(2)9(3)14-11-5-10(12)6-13-7-11/h5-9,14H,4,12H2,1-3H3. The molecule has 2 unspecified atom stereocenters. The van der Waals surface area contributed by atoms with Crippen molar-refractivity contribution in [3.05, 3.63) is 18.5 Å². The molecule has 1 heterocycles. The minimum atomic E-state index is 0.448. The molecule has 0 aliphatic carbocycles. The van der Waals surface area contributed by atoms with Gasteiger partial charge < -0.3 is 11.1 Å². The van der Waals surface area contributed by atoms with Gasteiger partial charge in [0.05, 0.1) is 17.6 Å². The third-order valence-electron chi connectivity index (χ3n) is 2.65. The number of hydrogen-bond donors (Lipinski definition) is 2. The molecule has 0 aliphatic rings. The summed E-state index contributed by atoms with van der Waals surface area (Å²) in [5.74, 6) is 0.649. The third kappa shape index (κ3) is 2.91. The average molecular weight is 193 g/mol. The molecule has 1 aromatic rings. The summed E-state index contributed by atoms with van der Waals surface area (Å²) in [4.78, 5) is 4.03. The van der Waals surface area contributed by atoms with E-state index < -0.39 is 0 Å². The normalized spacial score (nSPS) is 14.8. The van der Waals surface area contributed by atoms with Crippen LogP contribution in [0.25, 0.3) is 0 Å². The topological polar surface area (TPSA) is 50.9 Å². The smallest absolute Gasteiger partial charge is 0.0549 e. The van der Waals surface area contributed by atoms with Crippen molar-refractivity contribution in [1.29, 1.82) is 0 Å². The maximum atomic E-state index is 5.64. The van der Waals surface area contributed by atoms with Gasteiger partial charge in [0.25, 0.3) is 0 Å². The van der Waals surface area contributed by atoms with Crippen LogP contribution in [0.3, 0.4) is 0 Å². The Morgan fingerprint density at radius 1 is 1.43 bits per heavy atom. The van der Waals surface area contributed by atoms with Crippen molar-refractivity contribution >= 4 is 11.4 Å². The number of anilines is 2. The number of aromatic nitrogens is 1. The van der Waals surface area contributed by atoms with Crippen LogP contribution in [-0.2, 0) is 0 Å². The van der Waals surface area contributed by atoms with Crippen LogP contribution >= 0.6 is 0 Å². The molecule has 0 amide bonds. The van der Waals surface area contributed by atoms with Crippen LogP contribution in [0.1, 0.15) is 27.2 Å². The highest BCUT2D eigenvalue weighted by Crippen LogP contribution is 2.15. The van der Waals surface area contributed by atoms with Crippen molar-refractivity contribution in [3.8, 4) is 0 Å². The van der Waals surface area contributed by atoms with Crippen LogP contribution < -0.4 is 11.1 Å². The van der Waals surface area contributed by atoms with Gasteiger partial charge in [-0.2, -0.15) is 0 Å². The van der Waals surface area contributed by atoms with Crippen molar-refractivity contribution < 1.29 is 0 Å². The van der Waals surface area contributed by atoms with Crippen molar-refractivity contribution in [2.24, 2.45) is 5.92 Å². The van der Waals surface area contributed by atoms with Crippen LogP contribution in [0.2, 0.25) is 0 Å². The first-order valence-corrected chi connectivity index (χ1v) is 5.10. The van der Waals surface area contributed by atoms with E-state index in [1.54, 1.807) is 12.4 Å². The second-order valence-electron chi connectivity index (χ2n) is 3.83. The Morgan fingerprint density at radius 2 is 2.14 bits per heavy atom. The molecule has 0 spiro atoms. The molecule has 2 atom stereocenters. The first-order valence-electron chi connectivity index (χ1n) is 5.10. The summed E-state index contributed by atoms with van der Waals surface area (Å²) < 4.78 is 0. The molecule has 1 rings (SSSR count). The third-order valence-corrected chi connectivity index (χ3v) is 2.65. The molecule has 3 nitrogen and oxygen atoms in total. The zero-order valence-corrected chi connectivity index (χ0v) is 9.12. The lowest BCUT2D eigenvalue weighted by Gasteiger charge is -2.20. The van der Waals surface area contributed by atoms with Gasteiger partial charge in [-0.1, -0.05) is 20.3 Å². The van der Waals surface area contributed by atoms with Crippen LogP contribution in [0.5, 0.6) is 0 Å². The predicted molar refractivity (Wildman–Crippen MR) is 61.2 cm³/mol. The van der Waals surface area contributed by atoms with Crippen LogP contribution in [0, 0.1) is 5.92 Å². The van der Waals surface area contributed by atoms with Crippen LogP contribution in [0.4, 0.5) is 11.4 Å². The second kappa shape index (κ2) is 4.84. The van der Waals surface area contributed by atoms with Gasteiger partial charge in [-0.15, -0.1) is 0 Å². The number of nitrogens with one attached hydrogen (secondary N) is 1. The summed E-state index contributed by atoms with van der Waals surface area (Å²) >= 11 is 0. The molecule has 0 radical (unpaired) electrons. The molecule has 78 valence electrons. The quantitative estimate of drug-likeness (QED) is 0.772. The fraction of sp³-hybridized carbons (Fsp3) is 0.545. The Balaban J connectivity index is 2.60. The maximum absolute atomic E-state index is 5.64. The summed E-state index contributed by atoms with van der Waals surface area (Å²) in [6.45, 7) is 6.61. The van der Waals surface area contributed by atoms with Gasteiger partial charge >= 0.3 is 0 Å². The molecule has 3 heteroatoms. The van der Waals surface area contributed by atoms with Gasteiger partial charge in [0.1, 0.15) is 0 Å². The molecule has 0 fully saturated rings. The van der Waals surface area contributed by atoms with E-state index in [1.165, 1.54) is 6.42 Å². The Labute approximate surface area is 85.7 Å². The highest BCUT2D eigenvalue weighted by molar-refractivity contribution is 5.51. The van der Waals surface area contributed by atoms with Crippen molar-refractivity contribution in [3.63, 3.8) is 0 Å². The molecule has 3 N–H and O–H groups in total. The number of hydrogen-bond acceptors (Lipinski definition) is 3. The largest absolute Gasteiger partial charge is 0.397 e. The van der Waals surface area contributed by atoms with E-state index in [1.807, 2.05) is 6.07 Å². The second-order valence-corrected chi connectivity index (χ2v) is 3.83. The Hall–Kier alpha value is -1.25. The van der Waals surface area contributed by atoms with E-state index in [9.17, 15) is 0 Å². The van der Waals surface area contributed by atoms with E-state index in [0.717, 1.165) is 5.69 Å². The number of nitrogens with two attached hydrogens (primary N) is 1. The zero-order chi connectivity index (χ0) is 10.6. The monoisotopic (exact) mass is 193 g/mol. The SMILES string of the molecule is CCC(C)C(C)Nc1cncc(N)c1. The van der Waals surface area contributed by atoms with Gasteiger partial charge in [0.2, 0.25) is 0 Å². The molecule has 0 aromatic carbocycles. The molecule has 14 heavy (non-hydrogen) atoms. The predicted octanol–water partition coefficient (Wildman–Crippen LogP) is 2.51. The summed E-state index contributed by atoms with van der Waals surface area (Å²) in [7, 11) is 0. The van der Waals surface area contributed by atoms with Crippen LogP contribution in [-0.4, -0.2) is 11.0 Å². The van der Waals surface area contributed by atoms with Gasteiger partial charge in [-0.05, 0) is 18.9 Å². The molecule has 0 saturated heterocycles. The first-order chi connectivity index (χ1) is 6.63. The fourth-order valence-corrected chi connectivity index (χ4v) is 1.30.